The zero-order chi connectivity index (χ0) is 33.2. The number of fused-ring (bicyclic) bond motifs is 2. The highest BCUT2D eigenvalue weighted by Crippen LogP contribution is 2.44. The molecule has 0 aromatic heterocycles. The first kappa shape index (κ1) is 34.2. The van der Waals surface area contributed by atoms with Crippen LogP contribution in [0.15, 0.2) is 88.0 Å². The first-order valence-electron chi connectivity index (χ1n) is 14.9. The number of hydrogen-bond donors (Lipinski definition) is 4. The van der Waals surface area contributed by atoms with Crippen molar-refractivity contribution in [1.82, 2.24) is 10.3 Å². The monoisotopic (exact) mass is 645 g/mol. The molecule has 0 fully saturated rings. The Labute approximate surface area is 269 Å². The van der Waals surface area contributed by atoms with E-state index >= 15 is 0 Å². The summed E-state index contributed by atoms with van der Waals surface area (Å²) in [7, 11) is 2.19. The van der Waals surface area contributed by atoms with Gasteiger partial charge in [0.15, 0.2) is 0 Å². The summed E-state index contributed by atoms with van der Waals surface area (Å²) in [6, 6.07) is 15.6. The number of amides is 1. The van der Waals surface area contributed by atoms with Crippen molar-refractivity contribution in [3.05, 3.63) is 95.1 Å². The van der Waals surface area contributed by atoms with Crippen LogP contribution in [0.25, 0.3) is 33.4 Å². The van der Waals surface area contributed by atoms with Gasteiger partial charge in [0, 0.05) is 67.2 Å². The number of benzene rings is 3. The van der Waals surface area contributed by atoms with Crippen LogP contribution in [-0.2, 0) is 4.52 Å². The number of unbranched alkanes of at least 4 members (excludes halogenated alkanes) is 2. The summed E-state index contributed by atoms with van der Waals surface area (Å²) in [4.78, 5) is 29.8. The van der Waals surface area contributed by atoms with Crippen molar-refractivity contribution in [3.8, 4) is 28.2 Å². The van der Waals surface area contributed by atoms with Crippen LogP contribution in [0.5, 0.6) is 5.75 Å². The van der Waals surface area contributed by atoms with E-state index in [4.69, 9.17) is 25.3 Å². The predicted octanol–water partition coefficient (Wildman–Crippen LogP) is 5.85. The molecule has 1 atom stereocenters. The predicted molar refractivity (Wildman–Crippen MR) is 181 cm³/mol. The summed E-state index contributed by atoms with van der Waals surface area (Å²) in [5.41, 5.74) is 9.25. The number of nitrogens with zero attached hydrogens (tertiary/aromatic N) is 2. The fourth-order valence-electron chi connectivity index (χ4n) is 5.06. The summed E-state index contributed by atoms with van der Waals surface area (Å²) >= 11 is 0. The fraction of sp³-hybridized carbons (Fsp3) is 0.265. The lowest BCUT2D eigenvalue weighted by Gasteiger charge is -2.18. The molecule has 1 heterocycles. The lowest BCUT2D eigenvalue weighted by atomic mass is 9.89. The van der Waals surface area contributed by atoms with Gasteiger partial charge in [-0.3, -0.25) is 9.79 Å². The maximum Gasteiger partial charge on any atom is 0.336 e. The Morgan fingerprint density at radius 3 is 2.59 bits per heavy atom. The molecule has 1 amide bonds. The number of nitrogens with two attached hydrogens (primary N) is 2. The van der Waals surface area contributed by atoms with E-state index < -0.39 is 14.1 Å². The van der Waals surface area contributed by atoms with Gasteiger partial charge in [0.2, 0.25) is 0 Å². The van der Waals surface area contributed by atoms with E-state index in [1.54, 1.807) is 56.5 Å². The van der Waals surface area contributed by atoms with E-state index in [2.05, 4.69) is 16.9 Å². The maximum atomic E-state index is 13.0. The number of carbonyl (C=O) groups is 2. The van der Waals surface area contributed by atoms with E-state index in [-0.39, 0.29) is 17.0 Å². The molecular weight excluding hydrogens is 605 g/mol. The number of carbonyl (C=O) groups excluding carboxylic acids is 1. The molecule has 2 aliphatic rings. The zero-order valence-electron chi connectivity index (χ0n) is 26.3. The van der Waals surface area contributed by atoms with Crippen LogP contribution in [0.2, 0.25) is 0 Å². The number of rotatable bonds is 15. The van der Waals surface area contributed by atoms with Gasteiger partial charge in [-0.2, -0.15) is 0 Å². The minimum Gasteiger partial charge on any atom is -0.497 e. The van der Waals surface area contributed by atoms with Crippen LogP contribution < -0.4 is 27.0 Å². The molecule has 1 aliphatic heterocycles. The Kier molecular flexibility index (Phi) is 11.9. The van der Waals surface area contributed by atoms with E-state index in [1.165, 1.54) is 11.1 Å². The van der Waals surface area contributed by atoms with Crippen molar-refractivity contribution >= 4 is 31.0 Å². The lowest BCUT2D eigenvalue weighted by molar-refractivity contribution is 0.0697. The standard InChI is InChI=1S/C34H40N5O6P/c1-5-44-46(6-2)31(35)21-39(36)17-9-7-8-16-38-33(40)22-10-13-25(28(18-22)34(41)42)32-26-14-11-23(37-3)19-29(26)45-30-20-24(43-4)12-15-27(30)32/h6,10-15,18-21H,2,5,7-9,16-17,35-36H2,1,3-4H3,(H,38,40)(H,41,42)/b31-21+,37-23?. The minimum absolute atomic E-state index is 0.00125. The first-order valence-corrected chi connectivity index (χ1v) is 16.2. The van der Waals surface area contributed by atoms with Crippen molar-refractivity contribution in [2.45, 2.75) is 26.2 Å². The van der Waals surface area contributed by atoms with Gasteiger partial charge < -0.3 is 34.8 Å². The first-order chi connectivity index (χ1) is 22.2. The average molecular weight is 646 g/mol. The Bertz CT molecular complexity index is 1790. The van der Waals surface area contributed by atoms with Gasteiger partial charge in [-0.1, -0.05) is 12.6 Å². The van der Waals surface area contributed by atoms with Crippen molar-refractivity contribution in [2.75, 3.05) is 33.9 Å². The summed E-state index contributed by atoms with van der Waals surface area (Å²) in [6.45, 7) is 7.20. The third-order valence-corrected chi connectivity index (χ3v) is 8.81. The van der Waals surface area contributed by atoms with Gasteiger partial charge in [-0.05, 0) is 74.0 Å². The quantitative estimate of drug-likeness (QED) is 0.0408. The fourth-order valence-corrected chi connectivity index (χ4v) is 6.06. The van der Waals surface area contributed by atoms with E-state index in [1.807, 2.05) is 25.1 Å². The highest BCUT2D eigenvalue weighted by atomic mass is 31.1. The molecule has 11 nitrogen and oxygen atoms in total. The number of hydrazine groups is 1. The number of hydrogen-bond acceptors (Lipinski definition) is 9. The summed E-state index contributed by atoms with van der Waals surface area (Å²) in [5, 5.41) is 16.1. The van der Waals surface area contributed by atoms with Crippen LogP contribution in [0.4, 0.5) is 0 Å². The molecule has 242 valence electrons. The number of methoxy groups -OCH3 is 1. The van der Waals surface area contributed by atoms with E-state index in [0.29, 0.717) is 58.7 Å². The van der Waals surface area contributed by atoms with Gasteiger partial charge in [0.1, 0.15) is 25.2 Å². The molecule has 0 spiro atoms. The largest absolute Gasteiger partial charge is 0.497 e. The smallest absolute Gasteiger partial charge is 0.336 e. The summed E-state index contributed by atoms with van der Waals surface area (Å²) in [5.74, 6) is 7.38. The summed E-state index contributed by atoms with van der Waals surface area (Å²) in [6.07, 6.45) is 4.00. The Morgan fingerprint density at radius 1 is 1.11 bits per heavy atom. The third kappa shape index (κ3) is 8.11. The molecule has 2 aromatic carbocycles. The van der Waals surface area contributed by atoms with Gasteiger partial charge in [-0.15, -0.1) is 0 Å². The number of carboxylic acid groups (broad SMARTS) is 1. The van der Waals surface area contributed by atoms with E-state index in [9.17, 15) is 14.7 Å². The Balaban J connectivity index is 1.49. The van der Waals surface area contributed by atoms with Crippen LogP contribution in [0.1, 0.15) is 46.9 Å². The topological polar surface area (TPSA) is 166 Å². The SMILES string of the molecule is C=CP(OCC)/C(N)=C/N(N)CCCCCNC(=O)c1ccc(-c2c3ccc(=NC)cc-3oc3cc(OC)ccc23)c(C(=O)O)c1. The molecule has 46 heavy (non-hydrogen) atoms. The highest BCUT2D eigenvalue weighted by Gasteiger charge is 2.23. The van der Waals surface area contributed by atoms with Crippen LogP contribution >= 0.6 is 8.15 Å². The Hall–Kier alpha value is -4.70. The van der Waals surface area contributed by atoms with Crippen molar-refractivity contribution in [2.24, 2.45) is 16.6 Å². The number of carboxylic acids is 1. The van der Waals surface area contributed by atoms with Gasteiger partial charge in [0.05, 0.1) is 23.5 Å². The maximum absolute atomic E-state index is 13.0. The summed E-state index contributed by atoms with van der Waals surface area (Å²) < 4.78 is 17.1. The van der Waals surface area contributed by atoms with Gasteiger partial charge in [-0.25, -0.2) is 10.6 Å². The second-order valence-corrected chi connectivity index (χ2v) is 12.1. The normalized spacial score (nSPS) is 12.7. The molecule has 1 aliphatic carbocycles. The second kappa shape index (κ2) is 16.0. The van der Waals surface area contributed by atoms with Crippen LogP contribution in [-0.4, -0.2) is 55.8 Å². The van der Waals surface area contributed by atoms with Gasteiger partial charge >= 0.3 is 5.97 Å². The van der Waals surface area contributed by atoms with Crippen LogP contribution in [0.3, 0.4) is 0 Å². The zero-order valence-corrected chi connectivity index (χ0v) is 27.2. The molecular formula is C34H40N5O6P. The van der Waals surface area contributed by atoms with E-state index in [0.717, 1.165) is 30.2 Å². The second-order valence-electron chi connectivity index (χ2n) is 10.3. The third-order valence-electron chi connectivity index (χ3n) is 7.32. The highest BCUT2D eigenvalue weighted by molar-refractivity contribution is 7.60. The Morgan fingerprint density at radius 2 is 1.89 bits per heavy atom. The molecule has 1 unspecified atom stereocenters. The molecule has 4 rings (SSSR count). The molecule has 6 N–H and O–H groups in total. The number of ether oxygens (including phenoxy) is 1. The number of nitrogens with one attached hydrogen (secondary N) is 1. The molecule has 0 saturated carbocycles. The van der Waals surface area contributed by atoms with Gasteiger partial charge in [0.25, 0.3) is 5.91 Å². The molecule has 0 saturated heterocycles. The molecule has 0 bridgehead atoms. The molecule has 12 heteroatoms. The van der Waals surface area contributed by atoms with Crippen LogP contribution in [0, 0.1) is 0 Å². The van der Waals surface area contributed by atoms with Crippen molar-refractivity contribution in [3.63, 3.8) is 0 Å². The minimum atomic E-state index is -1.15. The van der Waals surface area contributed by atoms with Crippen molar-refractivity contribution in [1.29, 1.82) is 0 Å². The molecule has 0 radical (unpaired) electrons. The van der Waals surface area contributed by atoms with Crippen molar-refractivity contribution < 1.29 is 28.4 Å². The number of aromatic carboxylic acids is 1. The lowest BCUT2D eigenvalue weighted by Crippen LogP contribution is -2.28. The average Bonchev–Trinajstić information content (AvgIpc) is 3.06. The molecule has 2 aromatic rings.